The molecule has 0 aromatic heterocycles. The third-order valence-corrected chi connectivity index (χ3v) is 6.22. The number of non-ortho nitro benzene ring substituents is 1. The van der Waals surface area contributed by atoms with Crippen molar-refractivity contribution in [3.8, 4) is 0 Å². The van der Waals surface area contributed by atoms with Crippen LogP contribution in [0.1, 0.15) is 37.0 Å². The smallest absolute Gasteiger partial charge is 0.269 e. The molecule has 2 atom stereocenters. The summed E-state index contributed by atoms with van der Waals surface area (Å²) in [5.41, 5.74) is 3.73. The van der Waals surface area contributed by atoms with Crippen LogP contribution in [-0.2, 0) is 11.3 Å². The van der Waals surface area contributed by atoms with Crippen molar-refractivity contribution >= 4 is 34.6 Å². The third kappa shape index (κ3) is 4.66. The molecule has 1 aliphatic heterocycles. The molecule has 7 heteroatoms. The van der Waals surface area contributed by atoms with Crippen molar-refractivity contribution < 1.29 is 9.72 Å². The van der Waals surface area contributed by atoms with E-state index in [0.29, 0.717) is 22.0 Å². The second-order valence-corrected chi connectivity index (χ2v) is 8.62. The number of nitrogens with zero attached hydrogens (tertiary/aromatic N) is 3. The van der Waals surface area contributed by atoms with Gasteiger partial charge in [0.1, 0.15) is 6.04 Å². The van der Waals surface area contributed by atoms with Gasteiger partial charge in [0, 0.05) is 28.3 Å². The molecule has 168 valence electrons. The van der Waals surface area contributed by atoms with Crippen LogP contribution in [0.3, 0.4) is 0 Å². The number of nitro benzene ring substituents is 1. The molecule has 0 fully saturated rings. The minimum atomic E-state index is -0.588. The highest BCUT2D eigenvalue weighted by molar-refractivity contribution is 6.32. The molecule has 1 aliphatic rings. The van der Waals surface area contributed by atoms with E-state index in [1.54, 1.807) is 23.1 Å². The summed E-state index contributed by atoms with van der Waals surface area (Å²) in [6.45, 7) is 4.25. The summed E-state index contributed by atoms with van der Waals surface area (Å²) >= 11 is 6.38. The van der Waals surface area contributed by atoms with E-state index in [0.717, 1.165) is 17.5 Å². The zero-order chi connectivity index (χ0) is 23.5. The SMILES string of the molecule is CCC(C)C1N=C(c2ccccc2)c2cc(Cl)ccc2N(Cc2cccc([N+](=O)[O-])c2)C1=O. The predicted molar refractivity (Wildman–Crippen MR) is 131 cm³/mol. The van der Waals surface area contributed by atoms with Crippen molar-refractivity contribution in [1.29, 1.82) is 0 Å². The van der Waals surface area contributed by atoms with Crippen LogP contribution >= 0.6 is 11.6 Å². The predicted octanol–water partition coefficient (Wildman–Crippen LogP) is 6.05. The molecule has 1 amide bonds. The first-order valence-electron chi connectivity index (χ1n) is 10.9. The highest BCUT2D eigenvalue weighted by Crippen LogP contribution is 2.34. The quantitative estimate of drug-likeness (QED) is 0.331. The van der Waals surface area contributed by atoms with Gasteiger partial charge in [0.2, 0.25) is 0 Å². The number of halogens is 1. The van der Waals surface area contributed by atoms with Crippen LogP contribution in [0.4, 0.5) is 11.4 Å². The lowest BCUT2D eigenvalue weighted by molar-refractivity contribution is -0.384. The van der Waals surface area contributed by atoms with E-state index in [4.69, 9.17) is 16.6 Å². The van der Waals surface area contributed by atoms with Crippen molar-refractivity contribution in [2.75, 3.05) is 4.90 Å². The molecular formula is C26H24ClN3O3. The van der Waals surface area contributed by atoms with E-state index in [1.165, 1.54) is 12.1 Å². The van der Waals surface area contributed by atoms with Gasteiger partial charge < -0.3 is 4.90 Å². The minimum absolute atomic E-state index is 0.00797. The van der Waals surface area contributed by atoms with Crippen LogP contribution in [0.15, 0.2) is 77.8 Å². The monoisotopic (exact) mass is 461 g/mol. The van der Waals surface area contributed by atoms with Gasteiger partial charge in [0.15, 0.2) is 0 Å². The molecule has 3 aromatic carbocycles. The molecule has 0 aliphatic carbocycles. The number of hydrogen-bond acceptors (Lipinski definition) is 4. The number of carbonyl (C=O) groups excluding carboxylic acids is 1. The van der Waals surface area contributed by atoms with E-state index >= 15 is 0 Å². The Bertz CT molecular complexity index is 1230. The molecule has 3 aromatic rings. The number of nitro groups is 1. The van der Waals surface area contributed by atoms with Crippen molar-refractivity contribution in [2.45, 2.75) is 32.9 Å². The number of rotatable bonds is 6. The van der Waals surface area contributed by atoms with Crippen LogP contribution in [0.25, 0.3) is 0 Å². The first-order valence-corrected chi connectivity index (χ1v) is 11.2. The summed E-state index contributed by atoms with van der Waals surface area (Å²) in [6, 6.07) is 20.9. The highest BCUT2D eigenvalue weighted by Gasteiger charge is 2.35. The van der Waals surface area contributed by atoms with Gasteiger partial charge in [-0.25, -0.2) is 0 Å². The standard InChI is InChI=1S/C26H24ClN3O3/c1-3-17(2)24-26(31)29(16-18-8-7-11-21(14-18)30(32)33)23-13-12-20(27)15-22(23)25(28-24)19-9-5-4-6-10-19/h4-15,17,24H,3,16H2,1-2H3. The average molecular weight is 462 g/mol. The molecule has 0 bridgehead atoms. The lowest BCUT2D eigenvalue weighted by Crippen LogP contribution is -2.40. The molecule has 0 N–H and O–H groups in total. The summed E-state index contributed by atoms with van der Waals surface area (Å²) in [4.78, 5) is 31.3. The zero-order valence-corrected chi connectivity index (χ0v) is 19.2. The number of benzene rings is 3. The summed E-state index contributed by atoms with van der Waals surface area (Å²) < 4.78 is 0. The lowest BCUT2D eigenvalue weighted by atomic mass is 9.97. The number of hydrogen-bond donors (Lipinski definition) is 0. The van der Waals surface area contributed by atoms with Gasteiger partial charge in [-0.05, 0) is 29.7 Å². The third-order valence-electron chi connectivity index (χ3n) is 5.98. The summed E-state index contributed by atoms with van der Waals surface area (Å²) in [7, 11) is 0. The van der Waals surface area contributed by atoms with Gasteiger partial charge in [0.05, 0.1) is 22.9 Å². The van der Waals surface area contributed by atoms with Gasteiger partial charge >= 0.3 is 0 Å². The number of carbonyl (C=O) groups is 1. The normalized spacial score (nSPS) is 16.6. The maximum absolute atomic E-state index is 13.8. The van der Waals surface area contributed by atoms with Gasteiger partial charge in [0.25, 0.3) is 11.6 Å². The Kier molecular flexibility index (Phi) is 6.56. The lowest BCUT2D eigenvalue weighted by Gasteiger charge is -2.27. The Morgan fingerprint density at radius 1 is 1.09 bits per heavy atom. The first-order chi connectivity index (χ1) is 15.9. The first kappa shape index (κ1) is 22.7. The fraction of sp³-hybridized carbons (Fsp3) is 0.231. The number of aliphatic imine (C=N–C) groups is 1. The Morgan fingerprint density at radius 2 is 1.85 bits per heavy atom. The molecule has 0 spiro atoms. The Hall–Kier alpha value is -3.51. The van der Waals surface area contributed by atoms with Crippen LogP contribution < -0.4 is 4.90 Å². The van der Waals surface area contributed by atoms with Gasteiger partial charge in [-0.1, -0.05) is 74.3 Å². The van der Waals surface area contributed by atoms with E-state index in [2.05, 4.69) is 0 Å². The van der Waals surface area contributed by atoms with Crippen LogP contribution in [0.5, 0.6) is 0 Å². The average Bonchev–Trinajstić information content (AvgIpc) is 2.94. The molecular weight excluding hydrogens is 438 g/mol. The maximum atomic E-state index is 13.8. The number of fused-ring (bicyclic) bond motifs is 1. The molecule has 33 heavy (non-hydrogen) atoms. The fourth-order valence-corrected chi connectivity index (χ4v) is 4.18. The number of amides is 1. The van der Waals surface area contributed by atoms with Gasteiger partial charge in [-0.15, -0.1) is 0 Å². The second-order valence-electron chi connectivity index (χ2n) is 8.19. The Balaban J connectivity index is 1.89. The molecule has 0 saturated carbocycles. The minimum Gasteiger partial charge on any atom is -0.305 e. The summed E-state index contributed by atoms with van der Waals surface area (Å²) in [6.07, 6.45) is 0.781. The molecule has 0 saturated heterocycles. The van der Waals surface area contributed by atoms with Crippen molar-refractivity contribution in [1.82, 2.24) is 0 Å². The van der Waals surface area contributed by atoms with Crippen LogP contribution in [0, 0.1) is 16.0 Å². The summed E-state index contributed by atoms with van der Waals surface area (Å²) in [5.74, 6) is -0.126. The molecule has 1 heterocycles. The zero-order valence-electron chi connectivity index (χ0n) is 18.4. The second kappa shape index (κ2) is 9.55. The Labute approximate surface area is 197 Å². The maximum Gasteiger partial charge on any atom is 0.269 e. The topological polar surface area (TPSA) is 75.8 Å². The summed E-state index contributed by atoms with van der Waals surface area (Å²) in [5, 5.41) is 11.8. The van der Waals surface area contributed by atoms with Crippen LogP contribution in [0.2, 0.25) is 5.02 Å². The van der Waals surface area contributed by atoms with Crippen molar-refractivity contribution in [3.05, 3.63) is 105 Å². The molecule has 2 unspecified atom stereocenters. The van der Waals surface area contributed by atoms with Crippen molar-refractivity contribution in [3.63, 3.8) is 0 Å². The van der Waals surface area contributed by atoms with Gasteiger partial charge in [-0.3, -0.25) is 19.9 Å². The molecule has 0 radical (unpaired) electrons. The number of benzodiazepines with no additional fused rings is 1. The largest absolute Gasteiger partial charge is 0.305 e. The van der Waals surface area contributed by atoms with Crippen LogP contribution in [-0.4, -0.2) is 22.6 Å². The Morgan fingerprint density at radius 3 is 2.55 bits per heavy atom. The molecule has 6 nitrogen and oxygen atoms in total. The van der Waals surface area contributed by atoms with E-state index < -0.39 is 11.0 Å². The fourth-order valence-electron chi connectivity index (χ4n) is 4.01. The van der Waals surface area contributed by atoms with E-state index in [1.807, 2.05) is 56.3 Å². The van der Waals surface area contributed by atoms with Gasteiger partial charge in [-0.2, -0.15) is 0 Å². The van der Waals surface area contributed by atoms with E-state index in [9.17, 15) is 14.9 Å². The number of anilines is 1. The highest BCUT2D eigenvalue weighted by atomic mass is 35.5. The van der Waals surface area contributed by atoms with Crippen molar-refractivity contribution in [2.24, 2.45) is 10.9 Å². The van der Waals surface area contributed by atoms with E-state index in [-0.39, 0.29) is 24.1 Å². The molecule has 4 rings (SSSR count).